The van der Waals surface area contributed by atoms with Crippen molar-refractivity contribution in [3.05, 3.63) is 57.3 Å². The van der Waals surface area contributed by atoms with Gasteiger partial charge in [0, 0.05) is 35.4 Å². The quantitative estimate of drug-likeness (QED) is 0.671. The number of carbonyl (C=O) groups excluding carboxylic acids is 1. The third-order valence-electron chi connectivity index (χ3n) is 3.34. The van der Waals surface area contributed by atoms with Gasteiger partial charge in [0.1, 0.15) is 5.69 Å². The summed E-state index contributed by atoms with van der Waals surface area (Å²) in [4.78, 5) is 30.9. The maximum atomic E-state index is 12.2. The number of fused-ring (bicyclic) bond motifs is 1. The smallest absolute Gasteiger partial charge is 0.271 e. The van der Waals surface area contributed by atoms with Gasteiger partial charge < -0.3 is 15.6 Å². The van der Waals surface area contributed by atoms with E-state index in [1.165, 1.54) is 17.4 Å². The summed E-state index contributed by atoms with van der Waals surface area (Å²) in [5, 5.41) is 9.23. The van der Waals surface area contributed by atoms with E-state index in [1.54, 1.807) is 5.38 Å². The lowest BCUT2D eigenvalue weighted by atomic mass is 10.1. The van der Waals surface area contributed by atoms with Gasteiger partial charge >= 0.3 is 0 Å². The number of anilines is 1. The summed E-state index contributed by atoms with van der Waals surface area (Å²) in [6, 6.07) is 9.02. The largest absolute Gasteiger partial charge is 0.362 e. The SMILES string of the molecule is CCNc1nc(C(=O)NCc2cc(=O)[nH]c3ccccc23)cs1. The fourth-order valence-corrected chi connectivity index (χ4v) is 3.06. The molecule has 3 N–H and O–H groups in total. The third kappa shape index (κ3) is 3.40. The lowest BCUT2D eigenvalue weighted by Gasteiger charge is -2.07. The molecule has 7 heteroatoms. The summed E-state index contributed by atoms with van der Waals surface area (Å²) >= 11 is 1.39. The van der Waals surface area contributed by atoms with Gasteiger partial charge in [-0.3, -0.25) is 9.59 Å². The van der Waals surface area contributed by atoms with Crippen LogP contribution >= 0.6 is 11.3 Å². The molecule has 0 fully saturated rings. The Bertz CT molecular complexity index is 900. The summed E-state index contributed by atoms with van der Waals surface area (Å²) in [7, 11) is 0. The average molecular weight is 328 g/mol. The second-order valence-electron chi connectivity index (χ2n) is 4.96. The van der Waals surface area contributed by atoms with Gasteiger partial charge in [0.05, 0.1) is 0 Å². The van der Waals surface area contributed by atoms with E-state index in [1.807, 2.05) is 31.2 Å². The molecule has 3 aromatic rings. The van der Waals surface area contributed by atoms with Crippen LogP contribution in [0, 0.1) is 0 Å². The third-order valence-corrected chi connectivity index (χ3v) is 4.14. The van der Waals surface area contributed by atoms with Crippen LogP contribution in [0.1, 0.15) is 23.0 Å². The topological polar surface area (TPSA) is 86.9 Å². The summed E-state index contributed by atoms with van der Waals surface area (Å²) in [6.45, 7) is 3.00. The van der Waals surface area contributed by atoms with Gasteiger partial charge in [0.2, 0.25) is 5.56 Å². The monoisotopic (exact) mass is 328 g/mol. The summed E-state index contributed by atoms with van der Waals surface area (Å²) in [5.41, 5.74) is 1.73. The van der Waals surface area contributed by atoms with Crippen molar-refractivity contribution in [3.63, 3.8) is 0 Å². The van der Waals surface area contributed by atoms with E-state index in [4.69, 9.17) is 0 Å². The number of H-pyrrole nitrogens is 1. The van der Waals surface area contributed by atoms with E-state index in [-0.39, 0.29) is 18.0 Å². The number of para-hydroxylation sites is 1. The molecule has 2 aromatic heterocycles. The zero-order valence-electron chi connectivity index (χ0n) is 12.6. The Morgan fingerprint density at radius 1 is 1.35 bits per heavy atom. The van der Waals surface area contributed by atoms with Crippen molar-refractivity contribution in [3.8, 4) is 0 Å². The van der Waals surface area contributed by atoms with Gasteiger partial charge in [-0.25, -0.2) is 4.98 Å². The van der Waals surface area contributed by atoms with Crippen LogP contribution in [0.15, 0.2) is 40.5 Å². The van der Waals surface area contributed by atoms with Gasteiger partial charge in [0.25, 0.3) is 5.91 Å². The molecule has 1 aromatic carbocycles. The Kier molecular flexibility index (Phi) is 4.38. The van der Waals surface area contributed by atoms with E-state index >= 15 is 0 Å². The first-order valence-electron chi connectivity index (χ1n) is 7.26. The van der Waals surface area contributed by atoms with Gasteiger partial charge in [-0.15, -0.1) is 11.3 Å². The predicted molar refractivity (Wildman–Crippen MR) is 92.0 cm³/mol. The zero-order chi connectivity index (χ0) is 16.2. The number of pyridine rings is 1. The molecular formula is C16H16N4O2S. The molecule has 1 amide bonds. The number of benzene rings is 1. The zero-order valence-corrected chi connectivity index (χ0v) is 13.4. The van der Waals surface area contributed by atoms with Crippen molar-refractivity contribution < 1.29 is 4.79 Å². The molecule has 0 aliphatic rings. The van der Waals surface area contributed by atoms with Crippen molar-refractivity contribution in [1.82, 2.24) is 15.3 Å². The standard InChI is InChI=1S/C16H16N4O2S/c1-2-17-16-20-13(9-23-16)15(22)18-8-10-7-14(21)19-12-6-4-3-5-11(10)12/h3-7,9H,2,8H2,1H3,(H,17,20)(H,18,22)(H,19,21). The first-order valence-corrected chi connectivity index (χ1v) is 8.14. The van der Waals surface area contributed by atoms with E-state index in [0.29, 0.717) is 5.69 Å². The average Bonchev–Trinajstić information content (AvgIpc) is 3.01. The highest BCUT2D eigenvalue weighted by atomic mass is 32.1. The van der Waals surface area contributed by atoms with E-state index in [2.05, 4.69) is 20.6 Å². The molecule has 0 saturated carbocycles. The number of amides is 1. The van der Waals surface area contributed by atoms with Crippen LogP contribution in [-0.4, -0.2) is 22.4 Å². The number of hydrogen-bond acceptors (Lipinski definition) is 5. The van der Waals surface area contributed by atoms with Crippen LogP contribution in [0.25, 0.3) is 10.9 Å². The number of thiazole rings is 1. The maximum absolute atomic E-state index is 12.2. The Hall–Kier alpha value is -2.67. The van der Waals surface area contributed by atoms with Crippen molar-refractivity contribution in [2.75, 3.05) is 11.9 Å². The summed E-state index contributed by atoms with van der Waals surface area (Å²) < 4.78 is 0. The molecule has 0 saturated heterocycles. The molecule has 6 nitrogen and oxygen atoms in total. The molecule has 0 aliphatic heterocycles. The van der Waals surface area contributed by atoms with Crippen molar-refractivity contribution in [2.24, 2.45) is 0 Å². The molecule has 3 rings (SSSR count). The Morgan fingerprint density at radius 3 is 3.00 bits per heavy atom. The van der Waals surface area contributed by atoms with Crippen LogP contribution in [0.4, 0.5) is 5.13 Å². The van der Waals surface area contributed by atoms with Gasteiger partial charge in [-0.05, 0) is 18.6 Å². The van der Waals surface area contributed by atoms with Crippen LogP contribution in [0.2, 0.25) is 0 Å². The van der Waals surface area contributed by atoms with Crippen LogP contribution in [0.5, 0.6) is 0 Å². The lowest BCUT2D eigenvalue weighted by molar-refractivity contribution is 0.0947. The molecule has 23 heavy (non-hydrogen) atoms. The highest BCUT2D eigenvalue weighted by molar-refractivity contribution is 7.13. The molecule has 0 atom stereocenters. The van der Waals surface area contributed by atoms with Crippen LogP contribution in [0.3, 0.4) is 0 Å². The maximum Gasteiger partial charge on any atom is 0.271 e. The molecule has 0 aliphatic carbocycles. The lowest BCUT2D eigenvalue weighted by Crippen LogP contribution is -2.24. The van der Waals surface area contributed by atoms with E-state index in [9.17, 15) is 9.59 Å². The molecule has 2 heterocycles. The highest BCUT2D eigenvalue weighted by Crippen LogP contribution is 2.16. The van der Waals surface area contributed by atoms with Gasteiger partial charge in [0.15, 0.2) is 5.13 Å². The molecule has 0 radical (unpaired) electrons. The number of nitrogens with one attached hydrogen (secondary N) is 3. The fraction of sp³-hybridized carbons (Fsp3) is 0.188. The number of hydrogen-bond donors (Lipinski definition) is 3. The van der Waals surface area contributed by atoms with E-state index < -0.39 is 0 Å². The minimum absolute atomic E-state index is 0.184. The number of carbonyl (C=O) groups is 1. The second-order valence-corrected chi connectivity index (χ2v) is 5.81. The summed E-state index contributed by atoms with van der Waals surface area (Å²) in [5.74, 6) is -0.255. The number of rotatable bonds is 5. The Labute approximate surface area is 136 Å². The minimum Gasteiger partial charge on any atom is -0.362 e. The van der Waals surface area contributed by atoms with Crippen molar-refractivity contribution >= 4 is 33.3 Å². The molecular weight excluding hydrogens is 312 g/mol. The molecule has 0 unspecified atom stereocenters. The highest BCUT2D eigenvalue weighted by Gasteiger charge is 2.11. The van der Waals surface area contributed by atoms with Gasteiger partial charge in [-0.2, -0.15) is 0 Å². The Morgan fingerprint density at radius 2 is 2.17 bits per heavy atom. The molecule has 0 spiro atoms. The second kappa shape index (κ2) is 6.62. The normalized spacial score (nSPS) is 10.7. The van der Waals surface area contributed by atoms with Crippen LogP contribution in [-0.2, 0) is 6.54 Å². The molecule has 118 valence electrons. The van der Waals surface area contributed by atoms with Crippen LogP contribution < -0.4 is 16.2 Å². The predicted octanol–water partition coefficient (Wildman–Crippen LogP) is 2.35. The number of aromatic amines is 1. The van der Waals surface area contributed by atoms with Gasteiger partial charge in [-0.1, -0.05) is 18.2 Å². The first-order chi connectivity index (χ1) is 11.2. The number of aromatic nitrogens is 2. The fourth-order valence-electron chi connectivity index (χ4n) is 2.30. The number of nitrogens with zero attached hydrogens (tertiary/aromatic N) is 1. The first kappa shape index (κ1) is 15.2. The van der Waals surface area contributed by atoms with Crippen molar-refractivity contribution in [2.45, 2.75) is 13.5 Å². The molecule has 0 bridgehead atoms. The van der Waals surface area contributed by atoms with Crippen molar-refractivity contribution in [1.29, 1.82) is 0 Å². The minimum atomic E-state index is -0.255. The summed E-state index contributed by atoms with van der Waals surface area (Å²) in [6.07, 6.45) is 0. The Balaban J connectivity index is 1.77. The van der Waals surface area contributed by atoms with E-state index in [0.717, 1.165) is 28.1 Å².